The Bertz CT molecular complexity index is 632. The third-order valence-corrected chi connectivity index (χ3v) is 3.61. The van der Waals surface area contributed by atoms with Gasteiger partial charge >= 0.3 is 0 Å². The molecule has 0 aliphatic carbocycles. The van der Waals surface area contributed by atoms with Gasteiger partial charge in [-0.3, -0.25) is 10.1 Å². The van der Waals surface area contributed by atoms with E-state index in [9.17, 15) is 0 Å². The monoisotopic (exact) mass is 296 g/mol. The van der Waals surface area contributed by atoms with E-state index >= 15 is 0 Å². The van der Waals surface area contributed by atoms with Crippen molar-refractivity contribution in [3.63, 3.8) is 0 Å². The molecule has 2 rings (SSSR count). The highest BCUT2D eigenvalue weighted by molar-refractivity contribution is 6.42. The molecular weight excluding hydrogens is 283 g/mol. The highest BCUT2D eigenvalue weighted by Gasteiger charge is 2.06. The van der Waals surface area contributed by atoms with Gasteiger partial charge < -0.3 is 0 Å². The second-order valence-corrected chi connectivity index (χ2v) is 5.02. The largest absolute Gasteiger partial charge is 0.278 e. The van der Waals surface area contributed by atoms with E-state index in [1.165, 1.54) is 0 Å². The van der Waals surface area contributed by atoms with Crippen LogP contribution in [-0.2, 0) is 7.05 Å². The minimum absolute atomic E-state index is 0.496. The van der Waals surface area contributed by atoms with Crippen molar-refractivity contribution >= 4 is 35.1 Å². The molecule has 1 aromatic heterocycles. The first-order chi connectivity index (χ1) is 8.99. The zero-order valence-corrected chi connectivity index (χ0v) is 12.4. The average Bonchev–Trinajstić information content (AvgIpc) is 2.60. The van der Waals surface area contributed by atoms with Crippen LogP contribution >= 0.6 is 23.2 Å². The molecule has 0 saturated carbocycles. The van der Waals surface area contributed by atoms with Gasteiger partial charge in [0.05, 0.1) is 27.6 Å². The summed E-state index contributed by atoms with van der Waals surface area (Å²) in [5.74, 6) is 0. The van der Waals surface area contributed by atoms with Crippen LogP contribution in [0.4, 0.5) is 5.69 Å². The molecule has 0 bridgehead atoms. The van der Waals surface area contributed by atoms with E-state index in [-0.39, 0.29) is 0 Å². The molecule has 0 atom stereocenters. The first kappa shape index (κ1) is 13.9. The minimum atomic E-state index is 0.496. The number of hydrogen-bond donors (Lipinski definition) is 1. The third-order valence-electron chi connectivity index (χ3n) is 2.87. The molecule has 2 aromatic rings. The molecule has 0 spiro atoms. The topological polar surface area (TPSA) is 42.2 Å². The Labute approximate surface area is 122 Å². The summed E-state index contributed by atoms with van der Waals surface area (Å²) in [6.07, 6.45) is 1.75. The zero-order valence-electron chi connectivity index (χ0n) is 10.9. The molecule has 0 aliphatic rings. The number of halogens is 2. The molecule has 0 aliphatic heterocycles. The fourth-order valence-corrected chi connectivity index (χ4v) is 2.01. The van der Waals surface area contributed by atoms with Crippen molar-refractivity contribution in [2.75, 3.05) is 5.43 Å². The minimum Gasteiger partial charge on any atom is -0.278 e. The molecule has 6 heteroatoms. The maximum absolute atomic E-state index is 5.93. The smallest absolute Gasteiger partial charge is 0.0684 e. The average molecular weight is 297 g/mol. The lowest BCUT2D eigenvalue weighted by Gasteiger charge is -2.02. The lowest BCUT2D eigenvalue weighted by atomic mass is 10.2. The van der Waals surface area contributed by atoms with Crippen LogP contribution in [0.25, 0.3) is 0 Å². The van der Waals surface area contributed by atoms with Crippen molar-refractivity contribution in [2.24, 2.45) is 12.1 Å². The van der Waals surface area contributed by atoms with E-state index in [0.717, 1.165) is 22.6 Å². The van der Waals surface area contributed by atoms with Gasteiger partial charge in [0, 0.05) is 18.3 Å². The summed E-state index contributed by atoms with van der Waals surface area (Å²) in [5, 5.41) is 9.53. The summed E-state index contributed by atoms with van der Waals surface area (Å²) in [6, 6.07) is 5.26. The summed E-state index contributed by atoms with van der Waals surface area (Å²) in [6.45, 7) is 3.95. The Morgan fingerprint density at radius 2 is 2.00 bits per heavy atom. The van der Waals surface area contributed by atoms with Crippen LogP contribution in [0.1, 0.15) is 17.0 Å². The molecular formula is C13H14Cl2N4. The normalized spacial score (nSPS) is 11.2. The summed E-state index contributed by atoms with van der Waals surface area (Å²) in [5.41, 5.74) is 6.72. The summed E-state index contributed by atoms with van der Waals surface area (Å²) in [4.78, 5) is 0. The van der Waals surface area contributed by atoms with Crippen molar-refractivity contribution in [3.8, 4) is 0 Å². The van der Waals surface area contributed by atoms with Crippen LogP contribution in [0.5, 0.6) is 0 Å². The number of nitrogens with zero attached hydrogens (tertiary/aromatic N) is 3. The van der Waals surface area contributed by atoms with Gasteiger partial charge in [-0.2, -0.15) is 10.2 Å². The number of aromatic nitrogens is 2. The van der Waals surface area contributed by atoms with Gasteiger partial charge in [0.1, 0.15) is 0 Å². The molecule has 1 N–H and O–H groups in total. The Morgan fingerprint density at radius 3 is 2.58 bits per heavy atom. The van der Waals surface area contributed by atoms with Gasteiger partial charge in [-0.25, -0.2) is 0 Å². The lowest BCUT2D eigenvalue weighted by molar-refractivity contribution is 0.731. The van der Waals surface area contributed by atoms with Crippen molar-refractivity contribution in [2.45, 2.75) is 13.8 Å². The number of aryl methyl sites for hydroxylation is 2. The molecule has 19 heavy (non-hydrogen) atoms. The van der Waals surface area contributed by atoms with Gasteiger partial charge in [-0.05, 0) is 32.0 Å². The van der Waals surface area contributed by atoms with Crippen molar-refractivity contribution in [3.05, 3.63) is 45.2 Å². The number of nitrogens with one attached hydrogen (secondary N) is 1. The fraction of sp³-hybridized carbons (Fsp3) is 0.231. The van der Waals surface area contributed by atoms with Crippen LogP contribution in [0.3, 0.4) is 0 Å². The zero-order chi connectivity index (χ0) is 14.0. The van der Waals surface area contributed by atoms with Crippen molar-refractivity contribution in [1.29, 1.82) is 0 Å². The maximum atomic E-state index is 5.93. The van der Waals surface area contributed by atoms with Gasteiger partial charge in [0.2, 0.25) is 0 Å². The van der Waals surface area contributed by atoms with Crippen LogP contribution in [0.2, 0.25) is 10.0 Å². The van der Waals surface area contributed by atoms with E-state index in [0.29, 0.717) is 10.0 Å². The van der Waals surface area contributed by atoms with Gasteiger partial charge in [-0.1, -0.05) is 23.2 Å². The number of rotatable bonds is 3. The lowest BCUT2D eigenvalue weighted by Crippen LogP contribution is -1.95. The van der Waals surface area contributed by atoms with E-state index in [1.807, 2.05) is 31.6 Å². The van der Waals surface area contributed by atoms with Crippen LogP contribution in [-0.4, -0.2) is 16.0 Å². The third kappa shape index (κ3) is 3.08. The molecule has 0 amide bonds. The highest BCUT2D eigenvalue weighted by atomic mass is 35.5. The SMILES string of the molecule is Cc1nn(C)c(C)c1/C=N\Nc1ccc(Cl)c(Cl)c1. The second-order valence-electron chi connectivity index (χ2n) is 4.21. The number of anilines is 1. The predicted molar refractivity (Wildman–Crippen MR) is 80.4 cm³/mol. The standard InChI is InChI=1S/C13H14Cl2N4/c1-8-11(9(2)19(3)18-8)7-16-17-10-4-5-12(14)13(15)6-10/h4-7,17H,1-3H3/b16-7-. The first-order valence-corrected chi connectivity index (χ1v) is 6.49. The predicted octanol–water partition coefficient (Wildman–Crippen LogP) is 3.79. The van der Waals surface area contributed by atoms with E-state index in [1.54, 1.807) is 18.3 Å². The number of benzene rings is 1. The summed E-state index contributed by atoms with van der Waals surface area (Å²) >= 11 is 11.8. The summed E-state index contributed by atoms with van der Waals surface area (Å²) in [7, 11) is 1.91. The Hall–Kier alpha value is -1.52. The molecule has 0 unspecified atom stereocenters. The van der Waals surface area contributed by atoms with Crippen LogP contribution in [0, 0.1) is 13.8 Å². The molecule has 0 saturated heterocycles. The first-order valence-electron chi connectivity index (χ1n) is 5.73. The van der Waals surface area contributed by atoms with Crippen LogP contribution in [0.15, 0.2) is 23.3 Å². The number of hydrazone groups is 1. The van der Waals surface area contributed by atoms with Gasteiger partial charge in [0.15, 0.2) is 0 Å². The highest BCUT2D eigenvalue weighted by Crippen LogP contribution is 2.24. The number of hydrogen-bond acceptors (Lipinski definition) is 3. The quantitative estimate of drug-likeness (QED) is 0.692. The molecule has 100 valence electrons. The molecule has 4 nitrogen and oxygen atoms in total. The van der Waals surface area contributed by atoms with E-state index < -0.39 is 0 Å². The second kappa shape index (κ2) is 5.63. The van der Waals surface area contributed by atoms with Gasteiger partial charge in [-0.15, -0.1) is 0 Å². The Kier molecular flexibility index (Phi) is 4.12. The fourth-order valence-electron chi connectivity index (χ4n) is 1.71. The van der Waals surface area contributed by atoms with Crippen molar-refractivity contribution in [1.82, 2.24) is 9.78 Å². The Balaban J connectivity index is 2.13. The molecule has 1 heterocycles. The van der Waals surface area contributed by atoms with Gasteiger partial charge in [0.25, 0.3) is 0 Å². The Morgan fingerprint density at radius 1 is 1.26 bits per heavy atom. The van der Waals surface area contributed by atoms with E-state index in [4.69, 9.17) is 23.2 Å². The van der Waals surface area contributed by atoms with Crippen LogP contribution < -0.4 is 5.43 Å². The molecule has 1 aromatic carbocycles. The van der Waals surface area contributed by atoms with Crippen molar-refractivity contribution < 1.29 is 0 Å². The maximum Gasteiger partial charge on any atom is 0.0684 e. The molecule has 0 radical (unpaired) electrons. The molecule has 0 fully saturated rings. The van der Waals surface area contributed by atoms with E-state index in [2.05, 4.69) is 15.6 Å². The summed E-state index contributed by atoms with van der Waals surface area (Å²) < 4.78 is 1.83.